The maximum Gasteiger partial charge on any atom is 0.433 e. The first kappa shape index (κ1) is 30.0. The van der Waals surface area contributed by atoms with E-state index in [1.54, 1.807) is 0 Å². The SMILES string of the molecule is CC(C)c1nc2c(c3c1C(c1ccc(C(F)(F)F)nc1)OC31CCCC1C)C(O)CC(C)(C)C2.CCC(C)C. The highest BCUT2D eigenvalue weighted by molar-refractivity contribution is 5.54. The monoisotopic (exact) mass is 546 g/mol. The van der Waals surface area contributed by atoms with Crippen LogP contribution >= 0.6 is 0 Å². The summed E-state index contributed by atoms with van der Waals surface area (Å²) in [4.78, 5) is 8.82. The number of hydrogen-bond donors (Lipinski definition) is 1. The molecule has 4 unspecified atom stereocenters. The molecule has 3 aliphatic rings. The second-order valence-electron chi connectivity index (χ2n) is 13.3. The molecule has 216 valence electrons. The number of ether oxygens (including phenoxy) is 1. The standard InChI is InChI=1S/C27H33F3N2O2.C5H12/c1-14(2)23-21-22(20-17(32-23)11-25(4,5)12-18(20)33)26(10-6-7-15(26)3)34-24(21)16-8-9-19(31-13-16)27(28,29)30;1-4-5(2)3/h8-9,13-15,18,24,33H,6-7,10-12H2,1-5H3;5H,4H2,1-3H3. The maximum absolute atomic E-state index is 13.2. The van der Waals surface area contributed by atoms with Crippen molar-refractivity contribution in [2.75, 3.05) is 0 Å². The fraction of sp³-hybridized carbons (Fsp3) is 0.688. The molecule has 1 saturated carbocycles. The Kier molecular flexibility index (Phi) is 8.28. The van der Waals surface area contributed by atoms with Crippen LogP contribution in [0.15, 0.2) is 18.3 Å². The van der Waals surface area contributed by atoms with E-state index in [4.69, 9.17) is 9.72 Å². The Morgan fingerprint density at radius 3 is 2.28 bits per heavy atom. The van der Waals surface area contributed by atoms with Crippen LogP contribution in [0.25, 0.3) is 0 Å². The van der Waals surface area contributed by atoms with Crippen LogP contribution in [-0.4, -0.2) is 15.1 Å². The van der Waals surface area contributed by atoms with Crippen LogP contribution in [0.5, 0.6) is 0 Å². The number of halogens is 3. The molecule has 2 aliphatic carbocycles. The molecule has 1 N–H and O–H groups in total. The molecule has 1 spiro atoms. The lowest BCUT2D eigenvalue weighted by Gasteiger charge is -2.39. The summed E-state index contributed by atoms with van der Waals surface area (Å²) in [7, 11) is 0. The molecule has 0 amide bonds. The summed E-state index contributed by atoms with van der Waals surface area (Å²) < 4.78 is 46.4. The van der Waals surface area contributed by atoms with Crippen molar-refractivity contribution in [3.8, 4) is 0 Å². The first-order valence-electron chi connectivity index (χ1n) is 14.6. The lowest BCUT2D eigenvalue weighted by molar-refractivity contribution is -0.141. The van der Waals surface area contributed by atoms with Crippen molar-refractivity contribution in [3.63, 3.8) is 0 Å². The molecule has 4 atom stereocenters. The highest BCUT2D eigenvalue weighted by atomic mass is 19.4. The highest BCUT2D eigenvalue weighted by Crippen LogP contribution is 2.61. The molecule has 4 nitrogen and oxygen atoms in total. The van der Waals surface area contributed by atoms with Crippen LogP contribution in [0, 0.1) is 17.3 Å². The zero-order valence-electron chi connectivity index (χ0n) is 24.7. The van der Waals surface area contributed by atoms with E-state index in [0.29, 0.717) is 12.0 Å². The van der Waals surface area contributed by atoms with Crippen LogP contribution in [0.3, 0.4) is 0 Å². The minimum Gasteiger partial charge on any atom is -0.388 e. The van der Waals surface area contributed by atoms with Crippen molar-refractivity contribution >= 4 is 0 Å². The summed E-state index contributed by atoms with van der Waals surface area (Å²) in [6.45, 7) is 17.3. The summed E-state index contributed by atoms with van der Waals surface area (Å²) in [6.07, 6.45) is 1.18. The van der Waals surface area contributed by atoms with E-state index >= 15 is 0 Å². The van der Waals surface area contributed by atoms with E-state index in [1.807, 2.05) is 0 Å². The van der Waals surface area contributed by atoms with Crippen LogP contribution < -0.4 is 0 Å². The Balaban J connectivity index is 0.000000648. The number of nitrogens with zero attached hydrogens (tertiary/aromatic N) is 2. The van der Waals surface area contributed by atoms with Crippen molar-refractivity contribution in [3.05, 3.63) is 57.7 Å². The molecule has 2 aromatic heterocycles. The fourth-order valence-corrected chi connectivity index (χ4v) is 6.48. The highest BCUT2D eigenvalue weighted by Gasteiger charge is 2.55. The van der Waals surface area contributed by atoms with Gasteiger partial charge in [-0.3, -0.25) is 9.97 Å². The van der Waals surface area contributed by atoms with Gasteiger partial charge in [0.1, 0.15) is 11.8 Å². The van der Waals surface area contributed by atoms with Crippen LogP contribution in [0.4, 0.5) is 13.2 Å². The number of pyridine rings is 2. The number of rotatable bonds is 3. The molecule has 7 heteroatoms. The molecular weight excluding hydrogens is 501 g/mol. The molecule has 0 radical (unpaired) electrons. The van der Waals surface area contributed by atoms with Crippen LogP contribution in [0.1, 0.15) is 145 Å². The minimum atomic E-state index is -4.49. The molecule has 0 saturated heterocycles. The quantitative estimate of drug-likeness (QED) is 0.418. The predicted octanol–water partition coefficient (Wildman–Crippen LogP) is 8.81. The van der Waals surface area contributed by atoms with Gasteiger partial charge >= 0.3 is 6.18 Å². The zero-order chi connectivity index (χ0) is 28.9. The van der Waals surface area contributed by atoms with Gasteiger partial charge in [-0.1, -0.05) is 67.9 Å². The third kappa shape index (κ3) is 5.63. The van der Waals surface area contributed by atoms with Gasteiger partial charge in [0.15, 0.2) is 0 Å². The number of fused-ring (bicyclic) bond motifs is 4. The molecule has 39 heavy (non-hydrogen) atoms. The Morgan fingerprint density at radius 2 is 1.79 bits per heavy atom. The summed E-state index contributed by atoms with van der Waals surface area (Å²) >= 11 is 0. The average molecular weight is 547 g/mol. The Morgan fingerprint density at radius 1 is 1.13 bits per heavy atom. The Bertz CT molecular complexity index is 1170. The van der Waals surface area contributed by atoms with Gasteiger partial charge in [0.25, 0.3) is 0 Å². The van der Waals surface area contributed by atoms with Crippen LogP contribution in [0.2, 0.25) is 0 Å². The van der Waals surface area contributed by atoms with Crippen molar-refractivity contribution in [1.82, 2.24) is 9.97 Å². The second kappa shape index (κ2) is 10.8. The fourth-order valence-electron chi connectivity index (χ4n) is 6.48. The first-order chi connectivity index (χ1) is 18.1. The van der Waals surface area contributed by atoms with Gasteiger partial charge in [-0.15, -0.1) is 0 Å². The lowest BCUT2D eigenvalue weighted by Crippen LogP contribution is -2.34. The molecular formula is C32H45F3N2O2. The molecule has 0 bridgehead atoms. The third-order valence-corrected chi connectivity index (χ3v) is 8.84. The Labute approximate surface area is 231 Å². The van der Waals surface area contributed by atoms with Crippen molar-refractivity contribution in [2.45, 2.75) is 124 Å². The summed E-state index contributed by atoms with van der Waals surface area (Å²) in [5, 5.41) is 11.4. The summed E-state index contributed by atoms with van der Waals surface area (Å²) in [5.74, 6) is 1.21. The Hall–Kier alpha value is -1.99. The maximum atomic E-state index is 13.2. The zero-order valence-corrected chi connectivity index (χ0v) is 24.7. The molecule has 3 heterocycles. The third-order valence-electron chi connectivity index (χ3n) is 8.84. The van der Waals surface area contributed by atoms with Gasteiger partial charge in [0.05, 0.1) is 11.7 Å². The number of hydrogen-bond acceptors (Lipinski definition) is 4. The summed E-state index contributed by atoms with van der Waals surface area (Å²) in [6, 6.07) is 2.51. The van der Waals surface area contributed by atoms with Crippen molar-refractivity contribution in [1.29, 1.82) is 0 Å². The van der Waals surface area contributed by atoms with E-state index in [-0.39, 0.29) is 17.3 Å². The van der Waals surface area contributed by atoms with E-state index < -0.39 is 29.7 Å². The van der Waals surface area contributed by atoms with E-state index in [0.717, 1.165) is 65.7 Å². The van der Waals surface area contributed by atoms with E-state index in [2.05, 4.69) is 60.4 Å². The smallest absolute Gasteiger partial charge is 0.388 e. The number of aromatic nitrogens is 2. The van der Waals surface area contributed by atoms with Gasteiger partial charge in [-0.25, -0.2) is 0 Å². The first-order valence-corrected chi connectivity index (χ1v) is 14.6. The number of aliphatic hydroxyl groups is 1. The summed E-state index contributed by atoms with van der Waals surface area (Å²) in [5.41, 5.74) is 3.80. The predicted molar refractivity (Wildman–Crippen MR) is 147 cm³/mol. The van der Waals surface area contributed by atoms with Crippen molar-refractivity contribution in [2.24, 2.45) is 17.3 Å². The lowest BCUT2D eigenvalue weighted by atomic mass is 9.69. The second-order valence-corrected chi connectivity index (χ2v) is 13.3. The molecule has 1 fully saturated rings. The largest absolute Gasteiger partial charge is 0.433 e. The van der Waals surface area contributed by atoms with Gasteiger partial charge in [-0.05, 0) is 66.9 Å². The van der Waals surface area contributed by atoms with Gasteiger partial charge in [-0.2, -0.15) is 13.2 Å². The minimum absolute atomic E-state index is 0.0629. The number of alkyl halides is 3. The normalized spacial score (nSPS) is 27.5. The van der Waals surface area contributed by atoms with E-state index in [1.165, 1.54) is 18.7 Å². The molecule has 0 aromatic carbocycles. The molecule has 1 aliphatic heterocycles. The van der Waals surface area contributed by atoms with Crippen molar-refractivity contribution < 1.29 is 23.0 Å². The van der Waals surface area contributed by atoms with Crippen LogP contribution in [-0.2, 0) is 22.9 Å². The number of aliphatic hydroxyl groups excluding tert-OH is 1. The molecule has 5 rings (SSSR count). The van der Waals surface area contributed by atoms with Gasteiger partial charge < -0.3 is 9.84 Å². The average Bonchev–Trinajstić information content (AvgIpc) is 3.38. The van der Waals surface area contributed by atoms with E-state index in [9.17, 15) is 18.3 Å². The topological polar surface area (TPSA) is 55.2 Å². The van der Waals surface area contributed by atoms with Gasteiger partial charge in [0.2, 0.25) is 0 Å². The van der Waals surface area contributed by atoms with Gasteiger partial charge in [0, 0.05) is 34.3 Å². The molecule has 2 aromatic rings.